The van der Waals surface area contributed by atoms with Gasteiger partial charge in [-0.05, 0) is 42.7 Å². The van der Waals surface area contributed by atoms with E-state index in [1.807, 2.05) is 0 Å². The summed E-state index contributed by atoms with van der Waals surface area (Å²) in [5.41, 5.74) is 1.10. The van der Waals surface area contributed by atoms with Crippen molar-refractivity contribution in [2.75, 3.05) is 0 Å². The van der Waals surface area contributed by atoms with Gasteiger partial charge < -0.3 is 5.11 Å². The van der Waals surface area contributed by atoms with Crippen molar-refractivity contribution in [3.8, 4) is 5.75 Å². The third-order valence-corrected chi connectivity index (χ3v) is 4.83. The third kappa shape index (κ3) is 3.85. The fourth-order valence-electron chi connectivity index (χ4n) is 3.43. The van der Waals surface area contributed by atoms with Gasteiger partial charge in [0.15, 0.2) is 0 Å². The highest BCUT2D eigenvalue weighted by molar-refractivity contribution is 5.90. The van der Waals surface area contributed by atoms with E-state index >= 15 is 0 Å². The van der Waals surface area contributed by atoms with Crippen LogP contribution in [0.25, 0.3) is 10.8 Å². The molecule has 0 radical (unpaired) electrons. The predicted octanol–water partition coefficient (Wildman–Crippen LogP) is 4.15. The molecular weight excluding hydrogens is 396 g/mol. The Morgan fingerprint density at radius 2 is 1.53 bits per heavy atom. The molecule has 2 aromatic carbocycles. The normalized spacial score (nSPS) is 12.0. The molecule has 0 atom stereocenters. The quantitative estimate of drug-likeness (QED) is 0.495. The van der Waals surface area contributed by atoms with Crippen LogP contribution in [0.4, 0.5) is 17.1 Å². The van der Waals surface area contributed by atoms with Gasteiger partial charge in [0.05, 0.1) is 26.9 Å². The van der Waals surface area contributed by atoms with Crippen LogP contribution in [0.3, 0.4) is 0 Å². The Bertz CT molecular complexity index is 1150. The maximum absolute atomic E-state index is 10.4. The van der Waals surface area contributed by atoms with E-state index in [0.717, 1.165) is 5.69 Å². The van der Waals surface area contributed by atoms with Crippen LogP contribution in [-0.4, -0.2) is 24.9 Å². The summed E-state index contributed by atoms with van der Waals surface area (Å²) >= 11 is 0. The lowest BCUT2D eigenvalue weighted by Gasteiger charge is -2.17. The lowest BCUT2D eigenvalue weighted by Crippen LogP contribution is -2.02. The van der Waals surface area contributed by atoms with E-state index < -0.39 is 37.6 Å². The number of hydrogen-bond donors (Lipinski definition) is 1. The first-order valence-electron chi connectivity index (χ1n) is 8.87. The molecule has 0 bridgehead atoms. The molecule has 1 aliphatic rings. The van der Waals surface area contributed by atoms with Crippen LogP contribution in [-0.2, 0) is 12.8 Å². The number of nitro groups is 3. The molecule has 0 aliphatic heterocycles. The number of aromatic hydroxyl groups is 1. The number of pyridine rings is 1. The minimum atomic E-state index is -1.21. The van der Waals surface area contributed by atoms with Crippen molar-refractivity contribution in [2.24, 2.45) is 0 Å². The Labute approximate surface area is 169 Å². The van der Waals surface area contributed by atoms with E-state index in [1.54, 1.807) is 0 Å². The van der Waals surface area contributed by atoms with E-state index in [2.05, 4.69) is 36.3 Å². The Balaban J connectivity index is 0.000000171. The van der Waals surface area contributed by atoms with Crippen LogP contribution in [0.15, 0.2) is 36.5 Å². The molecule has 11 heteroatoms. The number of aromatic nitrogens is 1. The summed E-state index contributed by atoms with van der Waals surface area (Å²) in [4.78, 5) is 32.2. The minimum Gasteiger partial charge on any atom is -0.497 e. The number of phenols is 1. The molecule has 0 unspecified atom stereocenters. The van der Waals surface area contributed by atoms with Gasteiger partial charge in [-0.25, -0.2) is 0 Å². The summed E-state index contributed by atoms with van der Waals surface area (Å²) in [7, 11) is 0. The monoisotopic (exact) mass is 412 g/mol. The molecule has 0 amide bonds. The highest BCUT2D eigenvalue weighted by atomic mass is 16.6. The maximum atomic E-state index is 10.4. The molecule has 0 fully saturated rings. The van der Waals surface area contributed by atoms with Gasteiger partial charge in [0, 0.05) is 17.3 Å². The van der Waals surface area contributed by atoms with E-state index in [-0.39, 0.29) is 0 Å². The smallest absolute Gasteiger partial charge is 0.324 e. The fourth-order valence-corrected chi connectivity index (χ4v) is 3.43. The number of hydrogen-bond acceptors (Lipinski definition) is 8. The lowest BCUT2D eigenvalue weighted by atomic mass is 9.89. The lowest BCUT2D eigenvalue weighted by molar-refractivity contribution is -0.404. The van der Waals surface area contributed by atoms with Crippen LogP contribution >= 0.6 is 0 Å². The minimum absolute atomic E-state index is 0.447. The summed E-state index contributed by atoms with van der Waals surface area (Å²) in [5.74, 6) is -1.21. The Morgan fingerprint density at radius 3 is 2.10 bits per heavy atom. The van der Waals surface area contributed by atoms with E-state index in [9.17, 15) is 30.3 Å². The van der Waals surface area contributed by atoms with Crippen LogP contribution in [0.1, 0.15) is 23.2 Å². The molecule has 154 valence electrons. The molecule has 1 heterocycles. The maximum Gasteiger partial charge on any atom is 0.324 e. The first-order valence-corrected chi connectivity index (χ1v) is 8.87. The van der Waals surface area contributed by atoms with Gasteiger partial charge >= 0.3 is 11.4 Å². The summed E-state index contributed by atoms with van der Waals surface area (Å²) in [6.07, 6.45) is 5.76. The zero-order valence-corrected chi connectivity index (χ0v) is 15.8. The standard InChI is InChI=1S/C13H13N.C6H3N3O7/c1-9-12-7-3-5-10-4-2-6-11(8-14-9)13(10)12;10-6-4(8(13)14)1-3(7(11)12)2-5(6)9(15)16/h3,5,7-8H,2,4,6H2,1H3;1-2,10H. The van der Waals surface area contributed by atoms with Gasteiger partial charge in [-0.1, -0.05) is 18.2 Å². The molecule has 1 N–H and O–H groups in total. The van der Waals surface area contributed by atoms with Crippen molar-refractivity contribution in [1.29, 1.82) is 0 Å². The Hall–Kier alpha value is -4.15. The molecule has 0 spiro atoms. The predicted molar refractivity (Wildman–Crippen MR) is 107 cm³/mol. The number of benzene rings is 2. The largest absolute Gasteiger partial charge is 0.497 e. The second kappa shape index (κ2) is 8.07. The van der Waals surface area contributed by atoms with E-state index in [0.29, 0.717) is 12.1 Å². The van der Waals surface area contributed by atoms with Crippen molar-refractivity contribution < 1.29 is 19.9 Å². The summed E-state index contributed by atoms with van der Waals surface area (Å²) < 4.78 is 0. The van der Waals surface area contributed by atoms with Crippen molar-refractivity contribution >= 4 is 27.8 Å². The van der Waals surface area contributed by atoms with Crippen LogP contribution < -0.4 is 0 Å². The zero-order chi connectivity index (χ0) is 22.0. The number of nitro benzene ring substituents is 3. The number of non-ortho nitro benzene ring substituents is 1. The van der Waals surface area contributed by atoms with Gasteiger partial charge in [-0.2, -0.15) is 0 Å². The highest BCUT2D eigenvalue weighted by Crippen LogP contribution is 2.39. The van der Waals surface area contributed by atoms with Crippen molar-refractivity contribution in [1.82, 2.24) is 4.98 Å². The van der Waals surface area contributed by atoms with E-state index in [4.69, 9.17) is 5.11 Å². The number of nitrogens with zero attached hydrogens (tertiary/aromatic N) is 4. The van der Waals surface area contributed by atoms with Gasteiger partial charge in [-0.3, -0.25) is 35.3 Å². The van der Waals surface area contributed by atoms with E-state index in [1.165, 1.54) is 41.2 Å². The van der Waals surface area contributed by atoms with Crippen LogP contribution in [0.5, 0.6) is 5.75 Å². The Morgan fingerprint density at radius 1 is 0.933 bits per heavy atom. The van der Waals surface area contributed by atoms with Gasteiger partial charge in [0.1, 0.15) is 0 Å². The average molecular weight is 412 g/mol. The topological polar surface area (TPSA) is 163 Å². The second-order valence-corrected chi connectivity index (χ2v) is 6.67. The fraction of sp³-hybridized carbons (Fsp3) is 0.211. The second-order valence-electron chi connectivity index (χ2n) is 6.67. The summed E-state index contributed by atoms with van der Waals surface area (Å²) in [5, 5.41) is 43.0. The van der Waals surface area contributed by atoms with Gasteiger partial charge in [-0.15, -0.1) is 0 Å². The number of phenolic OH excluding ortho intramolecular Hbond substituents is 1. The number of rotatable bonds is 3. The molecule has 1 aromatic heterocycles. The number of aryl methyl sites for hydroxylation is 3. The molecule has 3 aromatic rings. The zero-order valence-electron chi connectivity index (χ0n) is 15.8. The van der Waals surface area contributed by atoms with Gasteiger partial charge in [0.2, 0.25) is 0 Å². The molecule has 1 aliphatic carbocycles. The molecule has 0 saturated carbocycles. The highest BCUT2D eigenvalue weighted by Gasteiger charge is 2.30. The molecule has 11 nitrogen and oxygen atoms in total. The Kier molecular flexibility index (Phi) is 5.54. The van der Waals surface area contributed by atoms with Crippen LogP contribution in [0.2, 0.25) is 0 Å². The first kappa shape index (κ1) is 20.6. The molecule has 30 heavy (non-hydrogen) atoms. The first-order chi connectivity index (χ1) is 14.2. The summed E-state index contributed by atoms with van der Waals surface area (Å²) in [6, 6.07) is 7.49. The van der Waals surface area contributed by atoms with Crippen molar-refractivity contribution in [3.05, 3.63) is 83.7 Å². The SMILES string of the molecule is Cc1ncc2c3c(cccc13)CCC2.O=[N+]([O-])c1cc([N+](=O)[O-])c(O)c([N+](=O)[O-])c1. The third-order valence-electron chi connectivity index (χ3n) is 4.83. The summed E-state index contributed by atoms with van der Waals surface area (Å²) in [6.45, 7) is 2.09. The molecule has 4 rings (SSSR count). The average Bonchev–Trinajstić information content (AvgIpc) is 2.71. The van der Waals surface area contributed by atoms with Crippen molar-refractivity contribution in [3.63, 3.8) is 0 Å². The molecule has 0 saturated heterocycles. The van der Waals surface area contributed by atoms with Gasteiger partial charge in [0.25, 0.3) is 11.4 Å². The van der Waals surface area contributed by atoms with Crippen molar-refractivity contribution in [2.45, 2.75) is 26.2 Å². The van der Waals surface area contributed by atoms with Crippen LogP contribution in [0, 0.1) is 37.3 Å². The molecular formula is C19H16N4O7.